The van der Waals surface area contributed by atoms with Crippen LogP contribution in [0.5, 0.6) is 0 Å². The summed E-state index contributed by atoms with van der Waals surface area (Å²) in [5.74, 6) is 1.51. The first kappa shape index (κ1) is 20.6. The molecule has 0 aliphatic heterocycles. The molecular formula is C14H23IN6O2S. The maximum Gasteiger partial charge on any atom is 0.191 e. The van der Waals surface area contributed by atoms with Gasteiger partial charge < -0.3 is 10.6 Å². The zero-order valence-electron chi connectivity index (χ0n) is 13.8. The van der Waals surface area contributed by atoms with Gasteiger partial charge in [0.05, 0.1) is 5.75 Å². The van der Waals surface area contributed by atoms with Crippen molar-refractivity contribution in [3.05, 3.63) is 30.2 Å². The summed E-state index contributed by atoms with van der Waals surface area (Å²) in [6, 6.07) is 5.68. The van der Waals surface area contributed by atoms with Gasteiger partial charge in [0.1, 0.15) is 6.54 Å². The smallest absolute Gasteiger partial charge is 0.191 e. The Hall–Kier alpha value is -1.43. The number of sulfone groups is 1. The molecule has 0 aliphatic carbocycles. The molecule has 0 aromatic carbocycles. The number of pyridine rings is 1. The van der Waals surface area contributed by atoms with Crippen LogP contribution in [-0.2, 0) is 16.4 Å². The van der Waals surface area contributed by atoms with E-state index in [0.29, 0.717) is 25.6 Å². The molecule has 0 bridgehead atoms. The van der Waals surface area contributed by atoms with E-state index in [1.54, 1.807) is 6.92 Å². The van der Waals surface area contributed by atoms with Gasteiger partial charge in [0.15, 0.2) is 27.3 Å². The molecule has 2 N–H and O–H groups in total. The Morgan fingerprint density at radius 3 is 2.75 bits per heavy atom. The summed E-state index contributed by atoms with van der Waals surface area (Å²) < 4.78 is 24.9. The van der Waals surface area contributed by atoms with Crippen molar-refractivity contribution in [3.63, 3.8) is 0 Å². The third-order valence-electron chi connectivity index (χ3n) is 3.25. The summed E-state index contributed by atoms with van der Waals surface area (Å²) >= 11 is 0. The van der Waals surface area contributed by atoms with Crippen LogP contribution in [-0.4, -0.2) is 53.6 Å². The highest BCUT2D eigenvalue weighted by molar-refractivity contribution is 14.0. The number of guanidine groups is 1. The first-order valence-corrected chi connectivity index (χ1v) is 9.39. The van der Waals surface area contributed by atoms with Gasteiger partial charge in [0.2, 0.25) is 0 Å². The summed E-state index contributed by atoms with van der Waals surface area (Å²) in [4.78, 5) is 4.43. The topological polar surface area (TPSA) is 101 Å². The van der Waals surface area contributed by atoms with Gasteiger partial charge in [-0.1, -0.05) is 13.0 Å². The van der Waals surface area contributed by atoms with Gasteiger partial charge in [-0.2, -0.15) is 0 Å². The quantitative estimate of drug-likeness (QED) is 0.357. The van der Waals surface area contributed by atoms with Gasteiger partial charge in [-0.25, -0.2) is 13.4 Å². The lowest BCUT2D eigenvalue weighted by molar-refractivity contribution is 0.595. The average Bonchev–Trinajstić information content (AvgIpc) is 2.96. The van der Waals surface area contributed by atoms with Crippen molar-refractivity contribution in [2.75, 3.05) is 24.6 Å². The molecular weight excluding hydrogens is 443 g/mol. The Morgan fingerprint density at radius 1 is 1.25 bits per heavy atom. The van der Waals surface area contributed by atoms with Crippen LogP contribution in [0.15, 0.2) is 29.4 Å². The maximum absolute atomic E-state index is 11.5. The molecule has 0 spiro atoms. The number of fused-ring (bicyclic) bond motifs is 1. The SMILES string of the molecule is CCNC(=NCc1nnc2ccccn12)NCCS(=O)(=O)CC.I. The fourth-order valence-corrected chi connectivity index (χ4v) is 2.66. The molecule has 0 saturated heterocycles. The summed E-state index contributed by atoms with van der Waals surface area (Å²) in [6.07, 6.45) is 1.88. The second-order valence-electron chi connectivity index (χ2n) is 4.90. The Kier molecular flexibility index (Phi) is 8.39. The second kappa shape index (κ2) is 9.77. The lowest BCUT2D eigenvalue weighted by atomic mass is 10.4. The minimum Gasteiger partial charge on any atom is -0.357 e. The van der Waals surface area contributed by atoms with E-state index >= 15 is 0 Å². The Morgan fingerprint density at radius 2 is 2.04 bits per heavy atom. The van der Waals surface area contributed by atoms with Crippen molar-refractivity contribution in [1.29, 1.82) is 0 Å². The zero-order valence-corrected chi connectivity index (χ0v) is 16.9. The molecule has 134 valence electrons. The van der Waals surface area contributed by atoms with E-state index in [9.17, 15) is 8.42 Å². The van der Waals surface area contributed by atoms with Crippen LogP contribution in [0.4, 0.5) is 0 Å². The van der Waals surface area contributed by atoms with Gasteiger partial charge in [0, 0.05) is 25.0 Å². The van der Waals surface area contributed by atoms with Crippen LogP contribution < -0.4 is 10.6 Å². The predicted molar refractivity (Wildman–Crippen MR) is 106 cm³/mol. The molecule has 0 saturated carbocycles. The van der Waals surface area contributed by atoms with E-state index in [1.807, 2.05) is 35.7 Å². The fraction of sp³-hybridized carbons (Fsp3) is 0.500. The third-order valence-corrected chi connectivity index (χ3v) is 4.96. The number of nitrogens with zero attached hydrogens (tertiary/aromatic N) is 4. The first-order valence-electron chi connectivity index (χ1n) is 7.57. The average molecular weight is 466 g/mol. The highest BCUT2D eigenvalue weighted by Crippen LogP contribution is 2.03. The van der Waals surface area contributed by atoms with Crippen molar-refractivity contribution in [2.24, 2.45) is 4.99 Å². The zero-order chi connectivity index (χ0) is 16.7. The normalized spacial score (nSPS) is 12.0. The Bertz CT molecular complexity index is 774. The lowest BCUT2D eigenvalue weighted by Crippen LogP contribution is -2.39. The molecule has 0 atom stereocenters. The highest BCUT2D eigenvalue weighted by atomic mass is 127. The van der Waals surface area contributed by atoms with Crippen molar-refractivity contribution in [1.82, 2.24) is 25.2 Å². The minimum atomic E-state index is -2.99. The molecule has 2 aromatic heterocycles. The predicted octanol–water partition coefficient (Wildman–Crippen LogP) is 0.837. The van der Waals surface area contributed by atoms with Gasteiger partial charge >= 0.3 is 0 Å². The van der Waals surface area contributed by atoms with Crippen LogP contribution in [0.3, 0.4) is 0 Å². The number of hydrogen-bond donors (Lipinski definition) is 2. The third kappa shape index (κ3) is 5.89. The summed E-state index contributed by atoms with van der Waals surface area (Å²) in [5, 5.41) is 14.3. The summed E-state index contributed by atoms with van der Waals surface area (Å²) in [6.45, 7) is 4.95. The Labute approximate surface area is 159 Å². The number of hydrogen-bond acceptors (Lipinski definition) is 5. The number of nitrogens with one attached hydrogen (secondary N) is 2. The van der Waals surface area contributed by atoms with E-state index in [0.717, 1.165) is 11.5 Å². The minimum absolute atomic E-state index is 0. The molecule has 0 amide bonds. The van der Waals surface area contributed by atoms with Crippen molar-refractivity contribution >= 4 is 45.4 Å². The van der Waals surface area contributed by atoms with Crippen LogP contribution in [0.2, 0.25) is 0 Å². The summed E-state index contributed by atoms with van der Waals surface area (Å²) in [5.41, 5.74) is 0.768. The molecule has 2 aromatic rings. The van der Waals surface area contributed by atoms with E-state index < -0.39 is 9.84 Å². The van der Waals surface area contributed by atoms with Gasteiger partial charge in [0.25, 0.3) is 0 Å². The molecule has 8 nitrogen and oxygen atoms in total. The van der Waals surface area contributed by atoms with Crippen molar-refractivity contribution in [2.45, 2.75) is 20.4 Å². The molecule has 0 aliphatic rings. The Balaban J connectivity index is 0.00000288. The largest absolute Gasteiger partial charge is 0.357 e. The highest BCUT2D eigenvalue weighted by Gasteiger charge is 2.08. The second-order valence-corrected chi connectivity index (χ2v) is 7.38. The van der Waals surface area contributed by atoms with Crippen molar-refractivity contribution < 1.29 is 8.42 Å². The standard InChI is InChI=1S/C14H22N6O2S.HI/c1-3-15-14(16-8-10-23(21,22)4-2)17-11-13-19-18-12-7-5-6-9-20(12)13;/h5-7,9H,3-4,8,10-11H2,1-2H3,(H2,15,16,17);1H. The molecule has 2 heterocycles. The van der Waals surface area contributed by atoms with Gasteiger partial charge in [-0.3, -0.25) is 4.40 Å². The fourth-order valence-electron chi connectivity index (χ4n) is 1.96. The van der Waals surface area contributed by atoms with Crippen LogP contribution in [0.25, 0.3) is 5.65 Å². The van der Waals surface area contributed by atoms with Crippen LogP contribution in [0.1, 0.15) is 19.7 Å². The molecule has 24 heavy (non-hydrogen) atoms. The number of aliphatic imine (C=N–C) groups is 1. The van der Waals surface area contributed by atoms with Crippen LogP contribution in [0, 0.1) is 0 Å². The van der Waals surface area contributed by atoms with E-state index in [-0.39, 0.29) is 35.5 Å². The molecule has 0 unspecified atom stereocenters. The maximum atomic E-state index is 11.5. The molecule has 10 heteroatoms. The van der Waals surface area contributed by atoms with Gasteiger partial charge in [-0.15, -0.1) is 34.2 Å². The first-order chi connectivity index (χ1) is 11.1. The lowest BCUT2D eigenvalue weighted by Gasteiger charge is -2.10. The molecule has 0 radical (unpaired) electrons. The molecule has 2 rings (SSSR count). The van der Waals surface area contributed by atoms with E-state index in [2.05, 4.69) is 25.8 Å². The summed E-state index contributed by atoms with van der Waals surface area (Å²) in [7, 11) is -2.99. The number of halogens is 1. The van der Waals surface area contributed by atoms with Crippen LogP contribution >= 0.6 is 24.0 Å². The number of rotatable bonds is 7. The van der Waals surface area contributed by atoms with E-state index in [1.165, 1.54) is 0 Å². The van der Waals surface area contributed by atoms with E-state index in [4.69, 9.17) is 0 Å². The van der Waals surface area contributed by atoms with Crippen molar-refractivity contribution in [3.8, 4) is 0 Å². The monoisotopic (exact) mass is 466 g/mol. The molecule has 0 fully saturated rings. The number of aromatic nitrogens is 3. The van der Waals surface area contributed by atoms with Gasteiger partial charge in [-0.05, 0) is 19.1 Å².